The zero-order chi connectivity index (χ0) is 58.1. The molecule has 5 atom stereocenters. The van der Waals surface area contributed by atoms with E-state index in [2.05, 4.69) is 65.0 Å². The summed E-state index contributed by atoms with van der Waals surface area (Å²) in [6, 6.07) is 28.4. The van der Waals surface area contributed by atoms with E-state index in [0.29, 0.717) is 83.3 Å². The molecule has 0 spiro atoms. The number of rotatable bonds is 28. The Labute approximate surface area is 488 Å². The summed E-state index contributed by atoms with van der Waals surface area (Å²) < 4.78 is 35.3. The van der Waals surface area contributed by atoms with Crippen LogP contribution in [-0.2, 0) is 46.2 Å². The lowest BCUT2D eigenvalue weighted by atomic mass is 9.93. The van der Waals surface area contributed by atoms with Gasteiger partial charge in [-0.1, -0.05) is 59.8 Å². The molecule has 3 fully saturated rings. The number of amides is 4. The summed E-state index contributed by atoms with van der Waals surface area (Å²) in [5.74, 6) is 0.341. The number of nitrogens with zero attached hydrogens (tertiary/aromatic N) is 5. The van der Waals surface area contributed by atoms with Crippen LogP contribution in [0.3, 0.4) is 0 Å². The molecule has 22 heteroatoms. The first kappa shape index (κ1) is 59.9. The van der Waals surface area contributed by atoms with Gasteiger partial charge >= 0.3 is 18.1 Å². The van der Waals surface area contributed by atoms with Crippen molar-refractivity contribution in [3.8, 4) is 39.6 Å². The second-order valence-electron chi connectivity index (χ2n) is 21.6. The highest BCUT2D eigenvalue weighted by Crippen LogP contribution is 2.36. The molecule has 0 radical (unpaired) electrons. The molecule has 3 aliphatic heterocycles. The average Bonchev–Trinajstić information content (AvgIpc) is 4.39. The predicted octanol–water partition coefficient (Wildman–Crippen LogP) is 7.72. The molecule has 83 heavy (non-hydrogen) atoms. The molecular weight excluding hydrogens is 1080 g/mol. The second kappa shape index (κ2) is 29.0. The zero-order valence-corrected chi connectivity index (χ0v) is 48.4. The van der Waals surface area contributed by atoms with Crippen molar-refractivity contribution >= 4 is 58.0 Å². The van der Waals surface area contributed by atoms with Crippen LogP contribution in [0, 0.1) is 11.3 Å². The second-order valence-corrected chi connectivity index (χ2v) is 22.9. The number of H-pyrrole nitrogens is 1. The van der Waals surface area contributed by atoms with Crippen LogP contribution in [0.4, 0.5) is 21.0 Å². The number of thioether (sulfide) groups is 1. The maximum Gasteiger partial charge on any atom is 0.407 e. The van der Waals surface area contributed by atoms with Gasteiger partial charge in [-0.05, 0) is 105 Å². The summed E-state index contributed by atoms with van der Waals surface area (Å²) in [5.41, 5.74) is 7.86. The number of benzene rings is 4. The highest BCUT2D eigenvalue weighted by molar-refractivity contribution is 8.00. The fraction of sp³-hybridized carbons (Fsp3) is 0.459. The highest BCUT2D eigenvalue weighted by atomic mass is 32.2. The van der Waals surface area contributed by atoms with Gasteiger partial charge in [-0.25, -0.2) is 14.4 Å². The minimum Gasteiger partial charge on any atom is -0.465 e. The van der Waals surface area contributed by atoms with Crippen molar-refractivity contribution in [2.45, 2.75) is 94.4 Å². The van der Waals surface area contributed by atoms with E-state index in [1.807, 2.05) is 84.8 Å². The number of nitriles is 1. The summed E-state index contributed by atoms with van der Waals surface area (Å²) >= 11 is 1.86. The largest absolute Gasteiger partial charge is 0.465 e. The molecule has 4 amide bonds. The first-order valence-corrected chi connectivity index (χ1v) is 29.5. The third kappa shape index (κ3) is 16.5. The van der Waals surface area contributed by atoms with Crippen LogP contribution in [-0.4, -0.2) is 164 Å². The molecule has 0 bridgehead atoms. The molecule has 3 aliphatic rings. The Morgan fingerprint density at radius 2 is 1.60 bits per heavy atom. The van der Waals surface area contributed by atoms with Crippen molar-refractivity contribution in [1.82, 2.24) is 41.2 Å². The first-order valence-electron chi connectivity index (χ1n) is 28.4. The molecular formula is C61H75N11O10S. The van der Waals surface area contributed by atoms with Crippen LogP contribution in [0.15, 0.2) is 97.3 Å². The van der Waals surface area contributed by atoms with E-state index in [0.717, 1.165) is 93.8 Å². The number of ether oxygens (including phenoxy) is 6. The van der Waals surface area contributed by atoms with E-state index in [-0.39, 0.29) is 36.0 Å². The summed E-state index contributed by atoms with van der Waals surface area (Å²) in [5, 5.41) is 36.0. The number of morpholine rings is 1. The molecule has 0 saturated carbocycles. The van der Waals surface area contributed by atoms with E-state index in [1.54, 1.807) is 37.6 Å². The first-order chi connectivity index (χ1) is 40.3. The van der Waals surface area contributed by atoms with E-state index in [9.17, 15) is 24.4 Å². The van der Waals surface area contributed by atoms with Gasteiger partial charge in [0, 0.05) is 84.2 Å². The van der Waals surface area contributed by atoms with Gasteiger partial charge in [0.2, 0.25) is 5.91 Å². The average molecular weight is 1150 g/mol. The van der Waals surface area contributed by atoms with Crippen LogP contribution in [0.2, 0.25) is 0 Å². The van der Waals surface area contributed by atoms with Crippen molar-refractivity contribution in [2.75, 3.05) is 95.6 Å². The monoisotopic (exact) mass is 1150 g/mol. The lowest BCUT2D eigenvalue weighted by molar-refractivity contribution is -0.121. The fourth-order valence-electron chi connectivity index (χ4n) is 10.5. The van der Waals surface area contributed by atoms with E-state index >= 15 is 0 Å². The molecule has 440 valence electrons. The number of aryl methyl sites for hydroxylation is 1. The molecule has 1 unspecified atom stereocenters. The van der Waals surface area contributed by atoms with Gasteiger partial charge in [-0.3, -0.25) is 9.48 Å². The van der Waals surface area contributed by atoms with Crippen molar-refractivity contribution < 1.29 is 47.6 Å². The molecule has 21 nitrogen and oxygen atoms in total. The Hall–Kier alpha value is -7.68. The summed E-state index contributed by atoms with van der Waals surface area (Å²) in [4.78, 5) is 56.5. The Bertz CT molecular complexity index is 3170. The lowest BCUT2D eigenvalue weighted by Gasteiger charge is -2.29. The quantitative estimate of drug-likeness (QED) is 0.0156. The van der Waals surface area contributed by atoms with E-state index < -0.39 is 29.7 Å². The van der Waals surface area contributed by atoms with Crippen molar-refractivity contribution in [3.05, 3.63) is 108 Å². The molecule has 2 aromatic heterocycles. The number of fused-ring (bicyclic) bond motifs is 2. The number of aromatic amines is 1. The van der Waals surface area contributed by atoms with Crippen LogP contribution < -0.4 is 31.5 Å². The Kier molecular flexibility index (Phi) is 21.0. The molecule has 6 N–H and O–H groups in total. The Morgan fingerprint density at radius 3 is 2.35 bits per heavy atom. The van der Waals surface area contributed by atoms with Crippen LogP contribution in [0.1, 0.15) is 62.4 Å². The predicted molar refractivity (Wildman–Crippen MR) is 318 cm³/mol. The number of methoxy groups -OCH3 is 1. The number of carbonyl (C=O) groups excluding carboxylic acids is 4. The molecule has 9 rings (SSSR count). The molecule has 4 aromatic carbocycles. The topological polar surface area (TPSA) is 257 Å². The number of aromatic nitrogens is 4. The van der Waals surface area contributed by atoms with E-state index in [4.69, 9.17) is 28.4 Å². The van der Waals surface area contributed by atoms with Gasteiger partial charge in [0.15, 0.2) is 0 Å². The minimum absolute atomic E-state index is 0.00799. The summed E-state index contributed by atoms with van der Waals surface area (Å²) in [6.07, 6.45) is 6.22. The molecule has 0 aliphatic carbocycles. The van der Waals surface area contributed by atoms with Gasteiger partial charge < -0.3 is 64.9 Å². The number of hydrogen-bond acceptors (Lipinski definition) is 16. The number of alkyl carbamates (subject to hydrolysis) is 1. The minimum atomic E-state index is -1.03. The molecule has 6 aromatic rings. The van der Waals surface area contributed by atoms with Gasteiger partial charge in [0.1, 0.15) is 17.3 Å². The maximum atomic E-state index is 13.5. The van der Waals surface area contributed by atoms with Crippen LogP contribution in [0.5, 0.6) is 0 Å². The number of hydrogen-bond donors (Lipinski definition) is 6. The van der Waals surface area contributed by atoms with Gasteiger partial charge in [-0.15, -0.1) is 5.10 Å². The van der Waals surface area contributed by atoms with Crippen molar-refractivity contribution in [2.24, 2.45) is 0 Å². The Balaban J connectivity index is 0.744. The normalized spacial score (nSPS) is 17.5. The third-order valence-electron chi connectivity index (χ3n) is 14.6. The zero-order valence-electron chi connectivity index (χ0n) is 47.6. The summed E-state index contributed by atoms with van der Waals surface area (Å²) in [6.45, 7) is 12.1. The van der Waals surface area contributed by atoms with Crippen molar-refractivity contribution in [1.29, 1.82) is 5.26 Å². The van der Waals surface area contributed by atoms with Gasteiger partial charge in [0.05, 0.1) is 89.3 Å². The Morgan fingerprint density at radius 1 is 0.880 bits per heavy atom. The summed E-state index contributed by atoms with van der Waals surface area (Å²) in [7, 11) is 1.32. The number of carbonyl (C=O) groups is 4. The molecule has 3 saturated heterocycles. The van der Waals surface area contributed by atoms with Crippen LogP contribution >= 0.6 is 11.8 Å². The van der Waals surface area contributed by atoms with Gasteiger partial charge in [0.25, 0.3) is 0 Å². The van der Waals surface area contributed by atoms with E-state index in [1.165, 1.54) is 7.11 Å². The smallest absolute Gasteiger partial charge is 0.407 e. The number of esters is 1. The van der Waals surface area contributed by atoms with Crippen LogP contribution in [0.25, 0.3) is 44.4 Å². The standard InChI is InChI=1S/C61H75N11O10S/c1-61(2,3)82-60(76)67-50(51(36-62)65-48-21-18-43(34-47(48)58(74)77-4)40-16-19-45(20-17-40)71-24-28-80-29-25-71)35-44-37-64-49-9-5-8-46(56(44)49)41-12-14-42(15-13-41)52-38-72(70-69-52)23-7-26-78-30-32-81-33-31-79-27-22-63-55(73)11-6-10-54-57-53(39-83-54)66-59(75)68-57/h5,8-9,12-21,34,37-38,50-51,53-54,57,64-65H,6-7,10-11,22-33,35,39H2,1-4H3,(H,63,73)(H,67,76)(H2,66,68,75)/t50-,51?,53+,54+,57+/m0/s1. The highest BCUT2D eigenvalue weighted by Gasteiger charge is 2.42. The number of nitrogens with one attached hydrogen (secondary N) is 6. The van der Waals surface area contributed by atoms with Gasteiger partial charge in [-0.2, -0.15) is 17.0 Å². The fourth-order valence-corrected chi connectivity index (χ4v) is 12.0. The lowest BCUT2D eigenvalue weighted by Crippen LogP contribution is -2.49. The number of urea groups is 1. The van der Waals surface area contributed by atoms with Crippen molar-refractivity contribution in [3.63, 3.8) is 0 Å². The SMILES string of the molecule is COC(=O)c1cc(-c2ccc(N3CCOCC3)cc2)ccc1NC(C#N)[C@H](Cc1c[nH]c2cccc(-c3ccc(-c4cn(CCCOCCOCCOCCNC(=O)CCC[C@H]5SC[C@H]6NC(=O)N[C@H]65)nn4)cc3)c12)NC(=O)OC(C)(C)C. The maximum absolute atomic E-state index is 13.5. The molecule has 5 heterocycles. The third-order valence-corrected chi connectivity index (χ3v) is 16.1. The number of anilines is 2.